The van der Waals surface area contributed by atoms with Crippen molar-refractivity contribution in [3.63, 3.8) is 0 Å². The quantitative estimate of drug-likeness (QED) is 0.788. The van der Waals surface area contributed by atoms with Crippen molar-refractivity contribution in [2.24, 2.45) is 0 Å². The van der Waals surface area contributed by atoms with Crippen LogP contribution in [0.25, 0.3) is 0 Å². The standard InChI is InChI=1S/C14H17BrN2O/c1-3-17-13(8-11(2)16-17)10-18-14-7-5-4-6-12(14)9-15/h4-8H,3,9-10H2,1-2H3. The van der Waals surface area contributed by atoms with Gasteiger partial charge in [-0.1, -0.05) is 34.1 Å². The summed E-state index contributed by atoms with van der Waals surface area (Å²) in [6.07, 6.45) is 0. The fourth-order valence-corrected chi connectivity index (χ4v) is 2.36. The van der Waals surface area contributed by atoms with Crippen LogP contribution in [0.2, 0.25) is 0 Å². The highest BCUT2D eigenvalue weighted by Crippen LogP contribution is 2.21. The van der Waals surface area contributed by atoms with E-state index >= 15 is 0 Å². The molecule has 18 heavy (non-hydrogen) atoms. The van der Waals surface area contributed by atoms with Crippen molar-refractivity contribution in [2.75, 3.05) is 0 Å². The summed E-state index contributed by atoms with van der Waals surface area (Å²) in [7, 11) is 0. The van der Waals surface area contributed by atoms with Crippen molar-refractivity contribution < 1.29 is 4.74 Å². The highest BCUT2D eigenvalue weighted by Gasteiger charge is 2.06. The fourth-order valence-electron chi connectivity index (χ4n) is 1.90. The van der Waals surface area contributed by atoms with Crippen LogP contribution in [0.15, 0.2) is 30.3 Å². The summed E-state index contributed by atoms with van der Waals surface area (Å²) >= 11 is 3.47. The number of hydrogen-bond donors (Lipinski definition) is 0. The van der Waals surface area contributed by atoms with Gasteiger partial charge >= 0.3 is 0 Å². The second-order valence-corrected chi connectivity index (χ2v) is 4.68. The van der Waals surface area contributed by atoms with Gasteiger partial charge in [0.1, 0.15) is 12.4 Å². The van der Waals surface area contributed by atoms with Gasteiger partial charge in [0.05, 0.1) is 11.4 Å². The second kappa shape index (κ2) is 6.05. The zero-order valence-electron chi connectivity index (χ0n) is 10.7. The largest absolute Gasteiger partial charge is 0.487 e. The minimum absolute atomic E-state index is 0.554. The van der Waals surface area contributed by atoms with Crippen LogP contribution >= 0.6 is 15.9 Å². The van der Waals surface area contributed by atoms with E-state index in [1.54, 1.807) is 0 Å². The van der Waals surface area contributed by atoms with Gasteiger partial charge in [0.2, 0.25) is 0 Å². The Morgan fingerprint density at radius 3 is 2.83 bits per heavy atom. The Labute approximate surface area is 116 Å². The van der Waals surface area contributed by atoms with E-state index in [1.165, 1.54) is 0 Å². The maximum Gasteiger partial charge on any atom is 0.130 e. The molecule has 0 bridgehead atoms. The summed E-state index contributed by atoms with van der Waals surface area (Å²) in [5.41, 5.74) is 3.31. The minimum atomic E-state index is 0.554. The molecule has 0 aliphatic heterocycles. The lowest BCUT2D eigenvalue weighted by atomic mass is 10.2. The third-order valence-electron chi connectivity index (χ3n) is 2.78. The van der Waals surface area contributed by atoms with Crippen LogP contribution in [0.4, 0.5) is 0 Å². The summed E-state index contributed by atoms with van der Waals surface area (Å²) in [6, 6.07) is 10.1. The van der Waals surface area contributed by atoms with Crippen LogP contribution in [0.1, 0.15) is 23.9 Å². The van der Waals surface area contributed by atoms with Gasteiger partial charge in [0.15, 0.2) is 0 Å². The van der Waals surface area contributed by atoms with Gasteiger partial charge in [0, 0.05) is 17.4 Å². The molecule has 1 aromatic heterocycles. The molecule has 1 heterocycles. The molecule has 0 fully saturated rings. The Morgan fingerprint density at radius 2 is 2.11 bits per heavy atom. The first-order valence-electron chi connectivity index (χ1n) is 6.04. The maximum absolute atomic E-state index is 5.88. The number of para-hydroxylation sites is 1. The molecule has 0 unspecified atom stereocenters. The normalized spacial score (nSPS) is 10.6. The number of ether oxygens (including phenoxy) is 1. The monoisotopic (exact) mass is 308 g/mol. The molecule has 0 spiro atoms. The Bertz CT molecular complexity index is 522. The number of alkyl halides is 1. The smallest absolute Gasteiger partial charge is 0.130 e. The summed E-state index contributed by atoms with van der Waals surface area (Å²) < 4.78 is 7.86. The Balaban J connectivity index is 2.11. The van der Waals surface area contributed by atoms with Crippen molar-refractivity contribution in [3.05, 3.63) is 47.3 Å². The van der Waals surface area contributed by atoms with E-state index in [0.717, 1.165) is 34.6 Å². The van der Waals surface area contributed by atoms with Gasteiger partial charge in [-0.15, -0.1) is 0 Å². The molecule has 0 radical (unpaired) electrons. The van der Waals surface area contributed by atoms with Crippen molar-refractivity contribution in [3.8, 4) is 5.75 Å². The molecule has 0 aliphatic rings. The first kappa shape index (κ1) is 13.1. The molecule has 1 aromatic carbocycles. The third kappa shape index (κ3) is 2.93. The number of benzene rings is 1. The average Bonchev–Trinajstić information content (AvgIpc) is 2.77. The highest BCUT2D eigenvalue weighted by molar-refractivity contribution is 9.08. The number of halogens is 1. The summed E-state index contributed by atoms with van der Waals surface area (Å²) in [5, 5.41) is 5.21. The molecule has 2 rings (SSSR count). The first-order chi connectivity index (χ1) is 8.74. The number of rotatable bonds is 5. The van der Waals surface area contributed by atoms with E-state index in [0.29, 0.717) is 6.61 Å². The van der Waals surface area contributed by atoms with Crippen molar-refractivity contribution >= 4 is 15.9 Å². The molecule has 0 atom stereocenters. The van der Waals surface area contributed by atoms with Crippen molar-refractivity contribution in [1.29, 1.82) is 0 Å². The summed E-state index contributed by atoms with van der Waals surface area (Å²) in [5.74, 6) is 0.927. The van der Waals surface area contributed by atoms with E-state index in [4.69, 9.17) is 4.74 Å². The van der Waals surface area contributed by atoms with Gasteiger partial charge in [-0.25, -0.2) is 0 Å². The third-order valence-corrected chi connectivity index (χ3v) is 3.38. The topological polar surface area (TPSA) is 27.1 Å². The van der Waals surface area contributed by atoms with Gasteiger partial charge < -0.3 is 4.74 Å². The highest BCUT2D eigenvalue weighted by atomic mass is 79.9. The van der Waals surface area contributed by atoms with Gasteiger partial charge in [-0.2, -0.15) is 5.10 Å². The molecule has 0 saturated heterocycles. The van der Waals surface area contributed by atoms with Crippen molar-refractivity contribution in [1.82, 2.24) is 9.78 Å². The minimum Gasteiger partial charge on any atom is -0.487 e. The molecule has 96 valence electrons. The molecule has 0 amide bonds. The van der Waals surface area contributed by atoms with Gasteiger partial charge in [-0.3, -0.25) is 4.68 Å². The zero-order valence-corrected chi connectivity index (χ0v) is 12.3. The van der Waals surface area contributed by atoms with E-state index in [1.807, 2.05) is 29.8 Å². The number of hydrogen-bond acceptors (Lipinski definition) is 2. The first-order valence-corrected chi connectivity index (χ1v) is 7.16. The van der Waals surface area contributed by atoms with E-state index < -0.39 is 0 Å². The molecule has 2 aromatic rings. The lowest BCUT2D eigenvalue weighted by Crippen LogP contribution is -2.06. The van der Waals surface area contributed by atoms with Crippen LogP contribution in [0.3, 0.4) is 0 Å². The molecule has 4 heteroatoms. The molecule has 0 saturated carbocycles. The zero-order chi connectivity index (χ0) is 13.0. The van der Waals surface area contributed by atoms with Crippen LogP contribution in [-0.2, 0) is 18.5 Å². The number of nitrogens with zero attached hydrogens (tertiary/aromatic N) is 2. The Kier molecular flexibility index (Phi) is 4.42. The summed E-state index contributed by atoms with van der Waals surface area (Å²) in [6.45, 7) is 5.51. The van der Waals surface area contributed by atoms with Gasteiger partial charge in [0.25, 0.3) is 0 Å². The van der Waals surface area contributed by atoms with Crippen LogP contribution in [0, 0.1) is 6.92 Å². The van der Waals surface area contributed by atoms with Crippen molar-refractivity contribution in [2.45, 2.75) is 32.3 Å². The van der Waals surface area contributed by atoms with Crippen LogP contribution in [-0.4, -0.2) is 9.78 Å². The van der Waals surface area contributed by atoms with Gasteiger partial charge in [-0.05, 0) is 26.0 Å². The average molecular weight is 309 g/mol. The van der Waals surface area contributed by atoms with Crippen LogP contribution < -0.4 is 4.74 Å². The van der Waals surface area contributed by atoms with E-state index in [9.17, 15) is 0 Å². The lowest BCUT2D eigenvalue weighted by molar-refractivity contribution is 0.290. The molecule has 0 aliphatic carbocycles. The Morgan fingerprint density at radius 1 is 1.33 bits per heavy atom. The maximum atomic E-state index is 5.88. The number of aryl methyl sites for hydroxylation is 2. The van der Waals surface area contributed by atoms with E-state index in [-0.39, 0.29) is 0 Å². The summed E-state index contributed by atoms with van der Waals surface area (Å²) in [4.78, 5) is 0. The predicted octanol–water partition coefficient (Wildman–Crippen LogP) is 3.69. The lowest BCUT2D eigenvalue weighted by Gasteiger charge is -2.10. The number of aromatic nitrogens is 2. The van der Waals surface area contributed by atoms with Crippen LogP contribution in [0.5, 0.6) is 5.75 Å². The predicted molar refractivity (Wildman–Crippen MR) is 76.0 cm³/mol. The SMILES string of the molecule is CCn1nc(C)cc1COc1ccccc1CBr. The fraction of sp³-hybridized carbons (Fsp3) is 0.357. The molecule has 3 nitrogen and oxygen atoms in total. The molecule has 0 N–H and O–H groups in total. The molecular weight excluding hydrogens is 292 g/mol. The Hall–Kier alpha value is -1.29. The second-order valence-electron chi connectivity index (χ2n) is 4.12. The van der Waals surface area contributed by atoms with E-state index in [2.05, 4.69) is 40.1 Å². The molecular formula is C14H17BrN2O.